The van der Waals surface area contributed by atoms with Crippen LogP contribution in [0.3, 0.4) is 0 Å². The van der Waals surface area contributed by atoms with Crippen LogP contribution in [0.5, 0.6) is 0 Å². The van der Waals surface area contributed by atoms with E-state index in [1.165, 1.54) is 17.7 Å². The lowest BCUT2D eigenvalue weighted by Crippen LogP contribution is -1.91. The molecular formula is C24H17F2NS. The third-order valence-electron chi connectivity index (χ3n) is 4.39. The Morgan fingerprint density at radius 3 is 2.18 bits per heavy atom. The van der Waals surface area contributed by atoms with Gasteiger partial charge in [-0.1, -0.05) is 42.5 Å². The molecule has 0 radical (unpaired) electrons. The number of rotatable bonds is 3. The van der Waals surface area contributed by atoms with Crippen molar-refractivity contribution in [3.8, 4) is 23.0 Å². The number of isothiocyanates is 1. The molecule has 0 spiro atoms. The molecule has 0 bridgehead atoms. The van der Waals surface area contributed by atoms with Gasteiger partial charge in [-0.3, -0.25) is 0 Å². The van der Waals surface area contributed by atoms with Gasteiger partial charge in [0.05, 0.1) is 5.16 Å². The smallest absolute Gasteiger partial charge is 0.153 e. The van der Waals surface area contributed by atoms with Gasteiger partial charge >= 0.3 is 0 Å². The fourth-order valence-corrected chi connectivity index (χ4v) is 2.94. The van der Waals surface area contributed by atoms with Crippen LogP contribution in [0.4, 0.5) is 14.5 Å². The first-order chi connectivity index (χ1) is 13.5. The van der Waals surface area contributed by atoms with E-state index in [1.54, 1.807) is 0 Å². The lowest BCUT2D eigenvalue weighted by atomic mass is 9.97. The topological polar surface area (TPSA) is 12.4 Å². The summed E-state index contributed by atoms with van der Waals surface area (Å²) in [6, 6.07) is 16.1. The molecule has 0 aliphatic carbocycles. The minimum Gasteiger partial charge on any atom is -0.204 e. The maximum Gasteiger partial charge on any atom is 0.153 e. The maximum absolute atomic E-state index is 14.1. The predicted octanol–water partition coefficient (Wildman–Crippen LogP) is 6.64. The van der Waals surface area contributed by atoms with E-state index >= 15 is 0 Å². The largest absolute Gasteiger partial charge is 0.204 e. The first-order valence-corrected chi connectivity index (χ1v) is 9.21. The molecule has 0 fully saturated rings. The van der Waals surface area contributed by atoms with Crippen LogP contribution in [0.25, 0.3) is 11.1 Å². The van der Waals surface area contributed by atoms with Gasteiger partial charge in [-0.15, -0.1) is 0 Å². The summed E-state index contributed by atoms with van der Waals surface area (Å²) >= 11 is 4.43. The molecule has 0 aliphatic rings. The minimum absolute atomic E-state index is 0.421. The maximum atomic E-state index is 14.1. The van der Waals surface area contributed by atoms with Crippen molar-refractivity contribution < 1.29 is 8.78 Å². The second-order valence-electron chi connectivity index (χ2n) is 6.33. The number of nitrogens with zero attached hydrogens (tertiary/aromatic N) is 1. The van der Waals surface area contributed by atoms with Gasteiger partial charge in [-0.05, 0) is 78.7 Å². The molecule has 0 atom stereocenters. The molecule has 1 nitrogen and oxygen atoms in total. The minimum atomic E-state index is -0.770. The summed E-state index contributed by atoms with van der Waals surface area (Å²) in [5.74, 6) is 4.82. The highest BCUT2D eigenvalue weighted by Gasteiger charge is 2.12. The van der Waals surface area contributed by atoms with E-state index in [4.69, 9.17) is 0 Å². The Morgan fingerprint density at radius 2 is 1.57 bits per heavy atom. The molecule has 0 saturated carbocycles. The monoisotopic (exact) mass is 389 g/mol. The lowest BCUT2D eigenvalue weighted by Gasteiger charge is -2.08. The summed E-state index contributed by atoms with van der Waals surface area (Å²) in [4.78, 5) is 3.44. The summed E-state index contributed by atoms with van der Waals surface area (Å²) < 4.78 is 28.3. The number of aliphatic imine (C=N–C) groups is 1. The van der Waals surface area contributed by atoms with Gasteiger partial charge in [0, 0.05) is 11.1 Å². The van der Waals surface area contributed by atoms with Crippen LogP contribution >= 0.6 is 12.2 Å². The lowest BCUT2D eigenvalue weighted by molar-refractivity contribution is 0.588. The van der Waals surface area contributed by atoms with Crippen LogP contribution in [-0.2, 0) is 6.42 Å². The molecule has 3 aromatic carbocycles. The van der Waals surface area contributed by atoms with Crippen molar-refractivity contribution in [2.45, 2.75) is 20.3 Å². The van der Waals surface area contributed by atoms with Gasteiger partial charge in [0.25, 0.3) is 0 Å². The van der Waals surface area contributed by atoms with Crippen LogP contribution in [0, 0.1) is 30.4 Å². The molecule has 0 amide bonds. The zero-order valence-corrected chi connectivity index (χ0v) is 16.3. The third kappa shape index (κ3) is 4.40. The zero-order chi connectivity index (χ0) is 20.1. The third-order valence-corrected chi connectivity index (χ3v) is 4.48. The molecule has 0 unspecified atom stereocenters. The van der Waals surface area contributed by atoms with Crippen LogP contribution in [0.1, 0.15) is 29.2 Å². The predicted molar refractivity (Wildman–Crippen MR) is 113 cm³/mol. The van der Waals surface area contributed by atoms with E-state index in [2.05, 4.69) is 29.1 Å². The van der Waals surface area contributed by atoms with E-state index in [0.29, 0.717) is 11.1 Å². The second-order valence-corrected chi connectivity index (χ2v) is 6.52. The van der Waals surface area contributed by atoms with Crippen molar-refractivity contribution >= 4 is 23.1 Å². The number of benzene rings is 3. The van der Waals surface area contributed by atoms with Crippen molar-refractivity contribution in [2.24, 2.45) is 4.99 Å². The van der Waals surface area contributed by atoms with Crippen LogP contribution in [0.15, 0.2) is 59.6 Å². The van der Waals surface area contributed by atoms with E-state index in [-0.39, 0.29) is 0 Å². The summed E-state index contributed by atoms with van der Waals surface area (Å²) in [5, 5.41) is 1.99. The summed E-state index contributed by atoms with van der Waals surface area (Å²) in [6.07, 6.45) is 0.754. The van der Waals surface area contributed by atoms with Gasteiger partial charge in [0.1, 0.15) is 5.69 Å². The van der Waals surface area contributed by atoms with Crippen molar-refractivity contribution in [1.82, 2.24) is 0 Å². The Labute approximate surface area is 168 Å². The Kier molecular flexibility index (Phi) is 6.11. The molecule has 0 saturated heterocycles. The highest BCUT2D eigenvalue weighted by Crippen LogP contribution is 2.30. The standard InChI is InChI=1S/C24H17F2NS/c1-3-18-12-20(21-13-22(25)24(27-15-28)23(26)14-21)11-10-19(18)9-8-17-6-4-16(2)5-7-17/h4-7,10-14H,3H2,1-2H3. The molecule has 0 N–H and O–H groups in total. The molecule has 0 aliphatic heterocycles. The summed E-state index contributed by atoms with van der Waals surface area (Å²) in [7, 11) is 0. The number of halogens is 2. The number of hydrogen-bond acceptors (Lipinski definition) is 2. The van der Waals surface area contributed by atoms with Crippen LogP contribution < -0.4 is 0 Å². The number of hydrogen-bond donors (Lipinski definition) is 0. The average molecular weight is 389 g/mol. The molecule has 3 aromatic rings. The Bertz CT molecular complexity index is 1110. The average Bonchev–Trinajstić information content (AvgIpc) is 2.70. The van der Waals surface area contributed by atoms with E-state index in [1.807, 2.05) is 61.5 Å². The number of aryl methyl sites for hydroxylation is 2. The van der Waals surface area contributed by atoms with Gasteiger partial charge in [-0.2, -0.15) is 4.99 Å². The van der Waals surface area contributed by atoms with Gasteiger partial charge in [-0.25, -0.2) is 8.78 Å². The first-order valence-electron chi connectivity index (χ1n) is 8.80. The Hall–Kier alpha value is -3.12. The fraction of sp³-hybridized carbons (Fsp3) is 0.125. The van der Waals surface area contributed by atoms with Crippen LogP contribution in [0.2, 0.25) is 0 Å². The van der Waals surface area contributed by atoms with E-state index in [0.717, 1.165) is 23.1 Å². The molecular weight excluding hydrogens is 372 g/mol. The van der Waals surface area contributed by atoms with E-state index in [9.17, 15) is 8.78 Å². The quantitative estimate of drug-likeness (QED) is 0.278. The zero-order valence-electron chi connectivity index (χ0n) is 15.5. The highest BCUT2D eigenvalue weighted by atomic mass is 32.1. The van der Waals surface area contributed by atoms with Crippen molar-refractivity contribution in [2.75, 3.05) is 0 Å². The van der Waals surface area contributed by atoms with Gasteiger partial charge < -0.3 is 0 Å². The summed E-state index contributed by atoms with van der Waals surface area (Å²) in [6.45, 7) is 4.06. The number of thiocarbonyl (C=S) groups is 1. The second kappa shape index (κ2) is 8.71. The molecule has 0 heterocycles. The fourth-order valence-electron chi connectivity index (χ4n) is 2.85. The Morgan fingerprint density at radius 1 is 0.893 bits per heavy atom. The molecule has 3 rings (SSSR count). The van der Waals surface area contributed by atoms with Crippen molar-refractivity contribution in [1.29, 1.82) is 0 Å². The van der Waals surface area contributed by atoms with Crippen LogP contribution in [-0.4, -0.2) is 5.16 Å². The van der Waals surface area contributed by atoms with Gasteiger partial charge in [0.15, 0.2) is 11.6 Å². The normalized spacial score (nSPS) is 10.0. The molecule has 138 valence electrons. The first kappa shape index (κ1) is 19.6. The SMILES string of the molecule is CCc1cc(-c2cc(F)c(N=C=S)c(F)c2)ccc1C#Cc1ccc(C)cc1. The van der Waals surface area contributed by atoms with Crippen molar-refractivity contribution in [3.05, 3.63) is 88.5 Å². The van der Waals surface area contributed by atoms with Gasteiger partial charge in [0.2, 0.25) is 0 Å². The Balaban J connectivity index is 1.98. The molecule has 4 heteroatoms. The van der Waals surface area contributed by atoms with Crippen molar-refractivity contribution in [3.63, 3.8) is 0 Å². The highest BCUT2D eigenvalue weighted by molar-refractivity contribution is 7.78. The summed E-state index contributed by atoms with van der Waals surface area (Å²) in [5.41, 5.74) is 4.77. The molecule has 28 heavy (non-hydrogen) atoms. The van der Waals surface area contributed by atoms with E-state index < -0.39 is 17.3 Å². The molecule has 0 aromatic heterocycles.